The molecular formula is C10H9F3. The van der Waals surface area contributed by atoms with Crippen LogP contribution in [0.5, 0.6) is 0 Å². The van der Waals surface area contributed by atoms with Gasteiger partial charge in [-0.15, -0.1) is 0 Å². The first-order valence-electron chi connectivity index (χ1n) is 3.75. The molecule has 0 heterocycles. The Morgan fingerprint density at radius 2 is 2.00 bits per heavy atom. The number of halogens is 3. The molecule has 0 fully saturated rings. The normalized spacial score (nSPS) is 11.4. The van der Waals surface area contributed by atoms with Gasteiger partial charge in [-0.3, -0.25) is 0 Å². The number of rotatable bonds is 2. The Kier molecular flexibility index (Phi) is 2.45. The largest absolute Gasteiger partial charge is 0.294 e. The topological polar surface area (TPSA) is 0 Å². The van der Waals surface area contributed by atoms with Gasteiger partial charge in [0.1, 0.15) is 5.82 Å². The van der Waals surface area contributed by atoms with Gasteiger partial charge < -0.3 is 0 Å². The first kappa shape index (κ1) is 9.84. The zero-order valence-electron chi connectivity index (χ0n) is 7.15. The van der Waals surface area contributed by atoms with Crippen molar-refractivity contribution in [3.63, 3.8) is 0 Å². The Hall–Kier alpha value is -1.25. The van der Waals surface area contributed by atoms with Crippen LogP contribution in [-0.2, 0) is 5.92 Å². The Balaban J connectivity index is 3.28. The molecule has 0 aliphatic heterocycles. The first-order chi connectivity index (χ1) is 5.97. The Morgan fingerprint density at radius 3 is 2.54 bits per heavy atom. The van der Waals surface area contributed by atoms with Gasteiger partial charge in [0.2, 0.25) is 0 Å². The second-order valence-electron chi connectivity index (χ2n) is 2.81. The van der Waals surface area contributed by atoms with Crippen molar-refractivity contribution in [1.29, 1.82) is 0 Å². The molecule has 0 aliphatic carbocycles. The van der Waals surface area contributed by atoms with E-state index in [0.717, 1.165) is 12.1 Å². The van der Waals surface area contributed by atoms with Gasteiger partial charge in [0.25, 0.3) is 5.92 Å². The minimum absolute atomic E-state index is 0.435. The highest BCUT2D eigenvalue weighted by Gasteiger charge is 2.30. The molecule has 0 N–H and O–H groups in total. The summed E-state index contributed by atoms with van der Waals surface area (Å²) in [6.07, 6.45) is 0.435. The Labute approximate surface area is 74.7 Å². The zero-order chi connectivity index (χ0) is 10.1. The Bertz CT molecular complexity index is 329. The molecular weight excluding hydrogens is 177 g/mol. The molecule has 1 aromatic carbocycles. The van der Waals surface area contributed by atoms with Crippen molar-refractivity contribution >= 4 is 0 Å². The third kappa shape index (κ3) is 1.91. The van der Waals surface area contributed by atoms with Crippen molar-refractivity contribution in [2.24, 2.45) is 0 Å². The highest BCUT2D eigenvalue weighted by molar-refractivity contribution is 5.30. The summed E-state index contributed by atoms with van der Waals surface area (Å²) in [6, 6.07) is 3.59. The second-order valence-corrected chi connectivity index (χ2v) is 2.81. The highest BCUT2D eigenvalue weighted by atomic mass is 19.3. The van der Waals surface area contributed by atoms with Crippen LogP contribution in [0.1, 0.15) is 11.1 Å². The predicted octanol–water partition coefficient (Wildman–Crippen LogP) is 3.41. The summed E-state index contributed by atoms with van der Waals surface area (Å²) in [5.74, 6) is -4.20. The molecule has 0 bridgehead atoms. The molecule has 0 spiro atoms. The lowest BCUT2D eigenvalue weighted by molar-refractivity contribution is 0.0484. The van der Waals surface area contributed by atoms with E-state index < -0.39 is 17.3 Å². The molecule has 0 saturated carbocycles. The fourth-order valence-electron chi connectivity index (χ4n) is 1.00. The minimum atomic E-state index is -3.30. The average Bonchev–Trinajstić information content (AvgIpc) is 2.09. The average molecular weight is 186 g/mol. The van der Waals surface area contributed by atoms with E-state index >= 15 is 0 Å². The maximum atomic E-state index is 13.0. The van der Waals surface area contributed by atoms with Crippen LogP contribution >= 0.6 is 0 Å². The number of benzene rings is 1. The summed E-state index contributed by atoms with van der Waals surface area (Å²) in [6.45, 7) is 4.59. The van der Waals surface area contributed by atoms with Crippen molar-refractivity contribution in [3.05, 3.63) is 47.8 Å². The van der Waals surface area contributed by atoms with Crippen LogP contribution in [0.15, 0.2) is 30.9 Å². The predicted molar refractivity (Wildman–Crippen MR) is 45.2 cm³/mol. The monoisotopic (exact) mass is 186 g/mol. The van der Waals surface area contributed by atoms with Gasteiger partial charge in [0, 0.05) is 0 Å². The molecule has 13 heavy (non-hydrogen) atoms. The molecule has 0 saturated heterocycles. The molecule has 1 rings (SSSR count). The maximum absolute atomic E-state index is 13.0. The third-order valence-corrected chi connectivity index (χ3v) is 1.74. The number of aryl methyl sites for hydroxylation is 1. The summed E-state index contributed by atoms with van der Waals surface area (Å²) in [7, 11) is 0. The molecule has 3 heteroatoms. The van der Waals surface area contributed by atoms with Gasteiger partial charge in [-0.25, -0.2) is 4.39 Å². The van der Waals surface area contributed by atoms with E-state index in [1.54, 1.807) is 6.92 Å². The van der Waals surface area contributed by atoms with Gasteiger partial charge in [0.05, 0.1) is 5.56 Å². The third-order valence-electron chi connectivity index (χ3n) is 1.74. The quantitative estimate of drug-likeness (QED) is 0.621. The van der Waals surface area contributed by atoms with E-state index in [9.17, 15) is 13.2 Å². The zero-order valence-corrected chi connectivity index (χ0v) is 7.15. The molecule has 0 atom stereocenters. The minimum Gasteiger partial charge on any atom is -0.206 e. The lowest BCUT2D eigenvalue weighted by atomic mass is 10.1. The molecule has 0 amide bonds. The summed E-state index contributed by atoms with van der Waals surface area (Å²) >= 11 is 0. The molecule has 0 aliphatic rings. The fourth-order valence-corrected chi connectivity index (χ4v) is 1.00. The summed E-state index contributed by atoms with van der Waals surface area (Å²) in [5.41, 5.74) is -0.0274. The smallest absolute Gasteiger partial charge is 0.206 e. The van der Waals surface area contributed by atoms with Gasteiger partial charge in [0.15, 0.2) is 0 Å². The van der Waals surface area contributed by atoms with E-state index in [1.807, 2.05) is 0 Å². The van der Waals surface area contributed by atoms with Crippen LogP contribution in [0.4, 0.5) is 13.2 Å². The fraction of sp³-hybridized carbons (Fsp3) is 0.200. The molecule has 70 valence electrons. The van der Waals surface area contributed by atoms with Crippen molar-refractivity contribution in [2.75, 3.05) is 0 Å². The van der Waals surface area contributed by atoms with Crippen molar-refractivity contribution in [1.82, 2.24) is 0 Å². The van der Waals surface area contributed by atoms with Crippen LogP contribution in [0, 0.1) is 12.7 Å². The van der Waals surface area contributed by atoms with Crippen LogP contribution in [0.3, 0.4) is 0 Å². The molecule has 0 radical (unpaired) electrons. The lowest BCUT2D eigenvalue weighted by Gasteiger charge is -2.12. The number of allylic oxidation sites excluding steroid dienone is 1. The first-order valence-corrected chi connectivity index (χ1v) is 3.75. The standard InChI is InChI=1S/C10H9F3/c1-3-10(12,13)8-6-7(2)4-5-9(8)11/h3-6H,1H2,2H3. The van der Waals surface area contributed by atoms with Crippen LogP contribution < -0.4 is 0 Å². The van der Waals surface area contributed by atoms with Gasteiger partial charge in [-0.2, -0.15) is 8.78 Å². The van der Waals surface area contributed by atoms with Crippen LogP contribution in [0.25, 0.3) is 0 Å². The van der Waals surface area contributed by atoms with E-state index in [2.05, 4.69) is 6.58 Å². The molecule has 1 aromatic rings. The van der Waals surface area contributed by atoms with E-state index in [0.29, 0.717) is 11.6 Å². The van der Waals surface area contributed by atoms with E-state index in [4.69, 9.17) is 0 Å². The lowest BCUT2D eigenvalue weighted by Crippen LogP contribution is -2.11. The summed E-state index contributed by atoms with van der Waals surface area (Å²) in [5, 5.41) is 0. The number of alkyl halides is 2. The highest BCUT2D eigenvalue weighted by Crippen LogP contribution is 2.31. The van der Waals surface area contributed by atoms with Gasteiger partial charge in [-0.05, 0) is 25.1 Å². The van der Waals surface area contributed by atoms with E-state index in [1.165, 1.54) is 6.07 Å². The van der Waals surface area contributed by atoms with Gasteiger partial charge >= 0.3 is 0 Å². The van der Waals surface area contributed by atoms with Crippen molar-refractivity contribution in [2.45, 2.75) is 12.8 Å². The molecule has 0 nitrogen and oxygen atoms in total. The summed E-state index contributed by atoms with van der Waals surface area (Å²) in [4.78, 5) is 0. The SMILES string of the molecule is C=CC(F)(F)c1cc(C)ccc1F. The van der Waals surface area contributed by atoms with Crippen LogP contribution in [0.2, 0.25) is 0 Å². The molecule has 0 unspecified atom stereocenters. The number of hydrogen-bond acceptors (Lipinski definition) is 0. The number of hydrogen-bond donors (Lipinski definition) is 0. The second kappa shape index (κ2) is 3.24. The maximum Gasteiger partial charge on any atom is 0.294 e. The summed E-state index contributed by atoms with van der Waals surface area (Å²) < 4.78 is 38.9. The van der Waals surface area contributed by atoms with E-state index in [-0.39, 0.29) is 0 Å². The Morgan fingerprint density at radius 1 is 1.38 bits per heavy atom. The van der Waals surface area contributed by atoms with Crippen molar-refractivity contribution < 1.29 is 13.2 Å². The van der Waals surface area contributed by atoms with Crippen LogP contribution in [-0.4, -0.2) is 0 Å². The van der Waals surface area contributed by atoms with Crippen molar-refractivity contribution in [3.8, 4) is 0 Å². The van der Waals surface area contributed by atoms with Gasteiger partial charge in [-0.1, -0.05) is 18.2 Å². The molecule has 0 aromatic heterocycles.